The molecule has 2 rings (SSSR count). The van der Waals surface area contributed by atoms with Crippen LogP contribution in [0.25, 0.3) is 0 Å². The minimum atomic E-state index is -0.951. The quantitative estimate of drug-likeness (QED) is 0.842. The van der Waals surface area contributed by atoms with Gasteiger partial charge in [-0.25, -0.2) is 9.78 Å². The fraction of sp³-hybridized carbons (Fsp3) is 0.375. The third-order valence-corrected chi connectivity index (χ3v) is 3.68. The standard InChI is InChI=1S/C16H20N2O2/c1-2-3-9-16(15(19)20,18-11-10-17-13-18)12-14-7-5-4-6-8-14/h4-8,10-11,13H,2-3,9,12H2,1H3,(H,19,20). The summed E-state index contributed by atoms with van der Waals surface area (Å²) >= 11 is 0. The molecule has 106 valence electrons. The van der Waals surface area contributed by atoms with Crippen molar-refractivity contribution in [3.05, 3.63) is 54.6 Å². The Morgan fingerprint density at radius 2 is 2.10 bits per heavy atom. The zero-order valence-corrected chi connectivity index (χ0v) is 11.7. The van der Waals surface area contributed by atoms with Gasteiger partial charge < -0.3 is 9.67 Å². The molecule has 4 nitrogen and oxygen atoms in total. The molecule has 1 heterocycles. The van der Waals surface area contributed by atoms with Crippen LogP contribution < -0.4 is 0 Å². The normalized spacial score (nSPS) is 13.8. The topological polar surface area (TPSA) is 55.1 Å². The van der Waals surface area contributed by atoms with E-state index < -0.39 is 11.5 Å². The lowest BCUT2D eigenvalue weighted by atomic mass is 9.85. The molecule has 0 saturated carbocycles. The summed E-state index contributed by atoms with van der Waals surface area (Å²) in [5.74, 6) is -0.798. The van der Waals surface area contributed by atoms with Crippen LogP contribution in [-0.4, -0.2) is 20.6 Å². The largest absolute Gasteiger partial charge is 0.479 e. The van der Waals surface area contributed by atoms with Gasteiger partial charge in [0.05, 0.1) is 6.33 Å². The lowest BCUT2D eigenvalue weighted by molar-refractivity contribution is -0.148. The second-order valence-corrected chi connectivity index (χ2v) is 5.07. The molecule has 20 heavy (non-hydrogen) atoms. The average molecular weight is 272 g/mol. The zero-order valence-electron chi connectivity index (χ0n) is 11.7. The smallest absolute Gasteiger partial charge is 0.330 e. The van der Waals surface area contributed by atoms with E-state index in [-0.39, 0.29) is 0 Å². The number of imidazole rings is 1. The third kappa shape index (κ3) is 2.90. The highest BCUT2D eigenvalue weighted by molar-refractivity contribution is 5.77. The Bertz CT molecular complexity index is 537. The number of benzene rings is 1. The Kier molecular flexibility index (Phi) is 4.56. The van der Waals surface area contributed by atoms with Gasteiger partial charge >= 0.3 is 5.97 Å². The summed E-state index contributed by atoms with van der Waals surface area (Å²) < 4.78 is 1.73. The summed E-state index contributed by atoms with van der Waals surface area (Å²) in [4.78, 5) is 16.0. The third-order valence-electron chi connectivity index (χ3n) is 3.68. The molecule has 1 aromatic heterocycles. The van der Waals surface area contributed by atoms with Gasteiger partial charge in [0, 0.05) is 18.8 Å². The molecular formula is C16H20N2O2. The molecule has 1 N–H and O–H groups in total. The van der Waals surface area contributed by atoms with Gasteiger partial charge in [0.15, 0.2) is 0 Å². The number of aromatic nitrogens is 2. The predicted octanol–water partition coefficient (Wildman–Crippen LogP) is 3.10. The fourth-order valence-corrected chi connectivity index (χ4v) is 2.52. The van der Waals surface area contributed by atoms with Gasteiger partial charge in [-0.1, -0.05) is 50.1 Å². The summed E-state index contributed by atoms with van der Waals surface area (Å²) in [6.07, 6.45) is 7.90. The Labute approximate surface area is 119 Å². The monoisotopic (exact) mass is 272 g/mol. The van der Waals surface area contributed by atoms with Gasteiger partial charge in [0.25, 0.3) is 0 Å². The van der Waals surface area contributed by atoms with Gasteiger partial charge in [-0.05, 0) is 12.0 Å². The highest BCUT2D eigenvalue weighted by atomic mass is 16.4. The van der Waals surface area contributed by atoms with Crippen LogP contribution in [0.15, 0.2) is 49.1 Å². The molecule has 2 aromatic rings. The average Bonchev–Trinajstić information content (AvgIpc) is 2.99. The van der Waals surface area contributed by atoms with E-state index in [1.54, 1.807) is 23.3 Å². The molecule has 4 heteroatoms. The van der Waals surface area contributed by atoms with Crippen molar-refractivity contribution in [1.29, 1.82) is 0 Å². The second-order valence-electron chi connectivity index (χ2n) is 5.07. The lowest BCUT2D eigenvalue weighted by Crippen LogP contribution is -2.43. The number of unbranched alkanes of at least 4 members (excludes halogenated alkanes) is 1. The number of carboxylic acids is 1. The van der Waals surface area contributed by atoms with E-state index in [4.69, 9.17) is 0 Å². The summed E-state index contributed by atoms with van der Waals surface area (Å²) in [5, 5.41) is 9.83. The highest BCUT2D eigenvalue weighted by Gasteiger charge is 2.39. The summed E-state index contributed by atoms with van der Waals surface area (Å²) in [6.45, 7) is 2.07. The minimum absolute atomic E-state index is 0.472. The molecule has 1 unspecified atom stereocenters. The molecule has 0 amide bonds. The molecule has 0 fully saturated rings. The van der Waals surface area contributed by atoms with Crippen molar-refractivity contribution in [2.75, 3.05) is 0 Å². The Morgan fingerprint density at radius 1 is 1.35 bits per heavy atom. The van der Waals surface area contributed by atoms with Crippen LogP contribution in [0.5, 0.6) is 0 Å². The number of nitrogens with zero attached hydrogens (tertiary/aromatic N) is 2. The van der Waals surface area contributed by atoms with Gasteiger partial charge in [-0.2, -0.15) is 0 Å². The lowest BCUT2D eigenvalue weighted by Gasteiger charge is -2.31. The molecular weight excluding hydrogens is 252 g/mol. The summed E-state index contributed by atoms with van der Waals surface area (Å²) in [6, 6.07) is 9.77. The molecule has 0 aliphatic carbocycles. The number of rotatable bonds is 7. The van der Waals surface area contributed by atoms with Crippen LogP contribution in [0, 0.1) is 0 Å². The summed E-state index contributed by atoms with van der Waals surface area (Å²) in [5.41, 5.74) is 0.0770. The Hall–Kier alpha value is -2.10. The van der Waals surface area contributed by atoms with Crippen LogP contribution >= 0.6 is 0 Å². The molecule has 1 atom stereocenters. The van der Waals surface area contributed by atoms with Crippen molar-refractivity contribution in [2.24, 2.45) is 0 Å². The Morgan fingerprint density at radius 3 is 2.65 bits per heavy atom. The molecule has 0 saturated heterocycles. The Balaban J connectivity index is 2.38. The summed E-state index contributed by atoms with van der Waals surface area (Å²) in [7, 11) is 0. The van der Waals surface area contributed by atoms with E-state index >= 15 is 0 Å². The molecule has 0 radical (unpaired) electrons. The number of carbonyl (C=O) groups is 1. The number of hydrogen-bond donors (Lipinski definition) is 1. The van der Waals surface area contributed by atoms with Crippen LogP contribution in [0.1, 0.15) is 31.7 Å². The first-order valence-electron chi connectivity index (χ1n) is 6.95. The van der Waals surface area contributed by atoms with Gasteiger partial charge in [-0.15, -0.1) is 0 Å². The van der Waals surface area contributed by atoms with Crippen LogP contribution in [0.2, 0.25) is 0 Å². The number of hydrogen-bond acceptors (Lipinski definition) is 2. The van der Waals surface area contributed by atoms with Crippen molar-refractivity contribution in [3.63, 3.8) is 0 Å². The van der Waals surface area contributed by atoms with E-state index in [2.05, 4.69) is 11.9 Å². The SMILES string of the molecule is CCCCC(Cc1ccccc1)(C(=O)O)n1ccnc1. The first-order chi connectivity index (χ1) is 9.69. The number of aliphatic carboxylic acids is 1. The van der Waals surface area contributed by atoms with Crippen LogP contribution in [0.4, 0.5) is 0 Å². The van der Waals surface area contributed by atoms with Crippen molar-refractivity contribution in [2.45, 2.75) is 38.1 Å². The van der Waals surface area contributed by atoms with E-state index in [1.807, 2.05) is 30.3 Å². The second kappa shape index (κ2) is 6.37. The van der Waals surface area contributed by atoms with Crippen LogP contribution in [0.3, 0.4) is 0 Å². The van der Waals surface area contributed by atoms with Crippen molar-refractivity contribution < 1.29 is 9.90 Å². The fourth-order valence-electron chi connectivity index (χ4n) is 2.52. The van der Waals surface area contributed by atoms with Crippen molar-refractivity contribution in [1.82, 2.24) is 9.55 Å². The molecule has 0 bridgehead atoms. The van der Waals surface area contributed by atoms with Gasteiger partial charge in [-0.3, -0.25) is 0 Å². The maximum absolute atomic E-state index is 12.0. The minimum Gasteiger partial charge on any atom is -0.479 e. The molecule has 0 aliphatic heterocycles. The van der Waals surface area contributed by atoms with E-state index in [0.717, 1.165) is 18.4 Å². The maximum Gasteiger partial charge on any atom is 0.330 e. The van der Waals surface area contributed by atoms with Crippen LogP contribution in [-0.2, 0) is 16.8 Å². The van der Waals surface area contributed by atoms with Crippen molar-refractivity contribution in [3.8, 4) is 0 Å². The first kappa shape index (κ1) is 14.3. The van der Waals surface area contributed by atoms with E-state index in [1.165, 1.54) is 0 Å². The van der Waals surface area contributed by atoms with Gasteiger partial charge in [0.1, 0.15) is 5.54 Å². The molecule has 0 spiro atoms. The molecule has 1 aromatic carbocycles. The van der Waals surface area contributed by atoms with Gasteiger partial charge in [0.2, 0.25) is 0 Å². The first-order valence-corrected chi connectivity index (χ1v) is 6.95. The number of carboxylic acid groups (broad SMARTS) is 1. The molecule has 0 aliphatic rings. The zero-order chi connectivity index (χ0) is 14.4. The van der Waals surface area contributed by atoms with E-state index in [9.17, 15) is 9.90 Å². The predicted molar refractivity (Wildman–Crippen MR) is 77.5 cm³/mol. The maximum atomic E-state index is 12.0. The highest BCUT2D eigenvalue weighted by Crippen LogP contribution is 2.29. The van der Waals surface area contributed by atoms with E-state index in [0.29, 0.717) is 12.8 Å². The van der Waals surface area contributed by atoms with Crippen molar-refractivity contribution >= 4 is 5.97 Å².